The average molecular weight is 512 g/mol. The van der Waals surface area contributed by atoms with E-state index in [1.165, 1.54) is 11.8 Å². The van der Waals surface area contributed by atoms with Crippen molar-refractivity contribution in [2.75, 3.05) is 16.8 Å². The van der Waals surface area contributed by atoms with Crippen LogP contribution in [0.3, 0.4) is 0 Å². The highest BCUT2D eigenvalue weighted by Gasteiger charge is 2.32. The predicted octanol–water partition coefficient (Wildman–Crippen LogP) is 7.80. The summed E-state index contributed by atoms with van der Waals surface area (Å²) in [5.41, 5.74) is 6.03. The van der Waals surface area contributed by atoms with Crippen LogP contribution < -0.4 is 9.80 Å². The molecule has 3 aromatic rings. The number of phenolic OH excluding ortho intramolecular Hbond substituents is 1. The lowest BCUT2D eigenvalue weighted by molar-refractivity contribution is -0.120. The number of carbonyl (C=O) groups is 1. The second-order valence-electron chi connectivity index (χ2n) is 9.68. The van der Waals surface area contributed by atoms with Gasteiger partial charge in [-0.3, -0.25) is 4.79 Å². The first-order valence-electron chi connectivity index (χ1n) is 13.6. The molecule has 38 heavy (non-hydrogen) atoms. The molecule has 4 rings (SSSR count). The van der Waals surface area contributed by atoms with E-state index in [4.69, 9.17) is 0 Å². The minimum Gasteiger partial charge on any atom is -0.508 e. The van der Waals surface area contributed by atoms with Crippen molar-refractivity contribution in [2.45, 2.75) is 65.3 Å². The van der Waals surface area contributed by atoms with E-state index < -0.39 is 0 Å². The number of aromatic hydroxyl groups is 1. The molecule has 0 spiro atoms. The van der Waals surface area contributed by atoms with E-state index in [1.807, 2.05) is 67.1 Å². The van der Waals surface area contributed by atoms with Crippen LogP contribution >= 0.6 is 0 Å². The van der Waals surface area contributed by atoms with Crippen LogP contribution in [0.15, 0.2) is 84.5 Å². The molecule has 1 unspecified atom stereocenters. The number of nitrogens with zero attached hydrogens (tertiary/aromatic N) is 3. The number of fused-ring (bicyclic) bond motifs is 1. The van der Waals surface area contributed by atoms with Crippen molar-refractivity contribution >= 4 is 23.6 Å². The Bertz CT molecular complexity index is 1230. The topological polar surface area (TPSA) is 56.1 Å². The maximum Gasteiger partial charge on any atom is 0.234 e. The van der Waals surface area contributed by atoms with Gasteiger partial charge in [0.2, 0.25) is 5.91 Å². The lowest BCUT2D eigenvalue weighted by Gasteiger charge is -2.31. The van der Waals surface area contributed by atoms with Crippen LogP contribution in [0.4, 0.5) is 11.4 Å². The number of amides is 1. The first-order chi connectivity index (χ1) is 18.4. The van der Waals surface area contributed by atoms with Gasteiger partial charge in [-0.25, -0.2) is 4.99 Å². The summed E-state index contributed by atoms with van der Waals surface area (Å²) in [5, 5.41) is 10.4. The number of carbonyl (C=O) groups excluding carboxylic acids is 1. The number of anilines is 2. The average Bonchev–Trinajstić information content (AvgIpc) is 2.95. The van der Waals surface area contributed by atoms with Gasteiger partial charge in [-0.2, -0.15) is 0 Å². The fourth-order valence-corrected chi connectivity index (χ4v) is 4.84. The smallest absolute Gasteiger partial charge is 0.234 e. The molecule has 1 atom stereocenters. The van der Waals surface area contributed by atoms with Crippen molar-refractivity contribution < 1.29 is 9.90 Å². The number of phenols is 1. The standard InChI is InChI=1S/C31H35N3O2.C2H6/c1-5-32-21-33(4)25-16-12-23(13-17-25)20-34(26-18-14-24(15-19-26)22(2)3)31(36)29-10-6-9-28-27(29)8-7-11-30(28)35;1-2/h5,7-8,11-19,21-22,29,35H,1,6,9-10,20H2,2-4H3;1-2H3. The van der Waals surface area contributed by atoms with Crippen LogP contribution in [0.25, 0.3) is 0 Å². The number of benzene rings is 3. The van der Waals surface area contributed by atoms with Crippen LogP contribution in [-0.4, -0.2) is 24.4 Å². The van der Waals surface area contributed by atoms with Crippen LogP contribution in [-0.2, 0) is 17.8 Å². The van der Waals surface area contributed by atoms with Crippen molar-refractivity contribution in [1.29, 1.82) is 0 Å². The Morgan fingerprint density at radius 2 is 1.71 bits per heavy atom. The first-order valence-corrected chi connectivity index (χ1v) is 13.6. The van der Waals surface area contributed by atoms with E-state index in [9.17, 15) is 9.90 Å². The van der Waals surface area contributed by atoms with Gasteiger partial charge in [-0.05, 0) is 77.8 Å². The Morgan fingerprint density at radius 1 is 1.05 bits per heavy atom. The molecule has 1 amide bonds. The van der Waals surface area contributed by atoms with Gasteiger partial charge in [0.05, 0.1) is 18.8 Å². The Kier molecular flexibility index (Phi) is 10.3. The van der Waals surface area contributed by atoms with Crippen molar-refractivity contribution in [3.63, 3.8) is 0 Å². The molecule has 0 aromatic heterocycles. The van der Waals surface area contributed by atoms with Crippen molar-refractivity contribution in [3.05, 3.63) is 102 Å². The second kappa shape index (κ2) is 13.6. The van der Waals surface area contributed by atoms with Gasteiger partial charge in [0, 0.05) is 24.6 Å². The molecule has 0 aliphatic heterocycles. The molecule has 5 nitrogen and oxygen atoms in total. The molecule has 1 aliphatic rings. The van der Waals surface area contributed by atoms with Gasteiger partial charge in [-0.1, -0.05) is 70.7 Å². The summed E-state index contributed by atoms with van der Waals surface area (Å²) in [6, 6.07) is 22.0. The highest BCUT2D eigenvalue weighted by molar-refractivity contribution is 5.98. The van der Waals surface area contributed by atoms with E-state index in [0.29, 0.717) is 12.5 Å². The molecule has 1 aliphatic carbocycles. The van der Waals surface area contributed by atoms with Crippen molar-refractivity contribution in [2.24, 2.45) is 4.99 Å². The molecular weight excluding hydrogens is 470 g/mol. The van der Waals surface area contributed by atoms with Gasteiger partial charge in [0.15, 0.2) is 0 Å². The third-order valence-corrected chi connectivity index (χ3v) is 6.95. The van der Waals surface area contributed by atoms with E-state index >= 15 is 0 Å². The maximum atomic E-state index is 14.1. The number of rotatable bonds is 8. The molecule has 0 heterocycles. The minimum atomic E-state index is -0.272. The third-order valence-electron chi connectivity index (χ3n) is 6.95. The van der Waals surface area contributed by atoms with Crippen LogP contribution in [0, 0.1) is 0 Å². The summed E-state index contributed by atoms with van der Waals surface area (Å²) in [7, 11) is 1.93. The molecule has 0 fully saturated rings. The van der Waals surface area contributed by atoms with Crippen molar-refractivity contribution in [3.8, 4) is 5.75 Å². The quantitative estimate of drug-likeness (QED) is 0.248. The van der Waals surface area contributed by atoms with Gasteiger partial charge < -0.3 is 14.9 Å². The normalized spacial score (nSPS) is 14.4. The zero-order valence-electron chi connectivity index (χ0n) is 23.4. The van der Waals surface area contributed by atoms with Gasteiger partial charge >= 0.3 is 0 Å². The molecule has 0 radical (unpaired) electrons. The highest BCUT2D eigenvalue weighted by Crippen LogP contribution is 2.38. The Morgan fingerprint density at radius 3 is 2.34 bits per heavy atom. The highest BCUT2D eigenvalue weighted by atomic mass is 16.3. The Hall–Kier alpha value is -3.86. The fraction of sp³-hybridized carbons (Fsp3) is 0.333. The molecule has 5 heteroatoms. The van der Waals surface area contributed by atoms with Crippen LogP contribution in [0.2, 0.25) is 0 Å². The summed E-state index contributed by atoms with van der Waals surface area (Å²) in [6.45, 7) is 12.4. The largest absolute Gasteiger partial charge is 0.508 e. The predicted molar refractivity (Wildman–Crippen MR) is 160 cm³/mol. The number of hydrogen-bond donors (Lipinski definition) is 1. The lowest BCUT2D eigenvalue weighted by Crippen LogP contribution is -2.36. The van der Waals surface area contributed by atoms with E-state index in [-0.39, 0.29) is 17.6 Å². The monoisotopic (exact) mass is 511 g/mol. The summed E-state index contributed by atoms with van der Waals surface area (Å²) in [5.74, 6) is 0.507. The van der Waals surface area contributed by atoms with E-state index in [1.54, 1.807) is 12.4 Å². The summed E-state index contributed by atoms with van der Waals surface area (Å²) in [6.07, 6.45) is 5.68. The molecule has 0 bridgehead atoms. The second-order valence-corrected chi connectivity index (χ2v) is 9.68. The Balaban J connectivity index is 0.00000195. The number of hydrogen-bond acceptors (Lipinski definition) is 3. The SMILES string of the molecule is C=CN=CN(C)c1ccc(CN(C(=O)C2CCCc3c(O)cccc32)c2ccc(C(C)C)cc2)cc1.CC. The molecule has 3 aromatic carbocycles. The lowest BCUT2D eigenvalue weighted by atomic mass is 9.81. The molecule has 0 saturated carbocycles. The fourth-order valence-electron chi connectivity index (χ4n) is 4.84. The molecular formula is C33H41N3O2. The first kappa shape index (κ1) is 28.7. The maximum absolute atomic E-state index is 14.1. The zero-order valence-corrected chi connectivity index (χ0v) is 23.4. The Labute approximate surface area is 228 Å². The minimum absolute atomic E-state index is 0.0677. The van der Waals surface area contributed by atoms with Crippen LogP contribution in [0.1, 0.15) is 74.6 Å². The summed E-state index contributed by atoms with van der Waals surface area (Å²) in [4.78, 5) is 22.0. The molecule has 0 saturated heterocycles. The van der Waals surface area contributed by atoms with E-state index in [2.05, 4.69) is 49.7 Å². The summed E-state index contributed by atoms with van der Waals surface area (Å²) >= 11 is 0. The third kappa shape index (κ3) is 6.71. The summed E-state index contributed by atoms with van der Waals surface area (Å²) < 4.78 is 0. The van der Waals surface area contributed by atoms with Gasteiger partial charge in [-0.15, -0.1) is 0 Å². The number of aliphatic imine (C=N–C) groups is 1. The zero-order chi connectivity index (χ0) is 27.7. The van der Waals surface area contributed by atoms with Crippen LogP contribution in [0.5, 0.6) is 5.75 Å². The van der Waals surface area contributed by atoms with Gasteiger partial charge in [0.25, 0.3) is 0 Å². The van der Waals surface area contributed by atoms with Crippen molar-refractivity contribution in [1.82, 2.24) is 0 Å². The van der Waals surface area contributed by atoms with Gasteiger partial charge in [0.1, 0.15) is 5.75 Å². The molecule has 1 N–H and O–H groups in total. The molecule has 200 valence electrons. The van der Waals surface area contributed by atoms with E-state index in [0.717, 1.165) is 47.3 Å².